The van der Waals surface area contributed by atoms with Crippen LogP contribution in [0.4, 0.5) is 10.1 Å². The van der Waals surface area contributed by atoms with Gasteiger partial charge in [-0.25, -0.2) is 4.39 Å². The molecule has 0 bridgehead atoms. The molecule has 0 aliphatic carbocycles. The normalized spacial score (nSPS) is 10.8. The number of anilines is 1. The number of tetrazole rings is 1. The fourth-order valence-electron chi connectivity index (χ4n) is 2.08. The van der Waals surface area contributed by atoms with Crippen molar-refractivity contribution in [2.75, 3.05) is 5.73 Å². The third kappa shape index (κ3) is 2.45. The van der Waals surface area contributed by atoms with Crippen LogP contribution in [0.25, 0.3) is 17.1 Å². The molecular weight excluding hydrogens is 293 g/mol. The van der Waals surface area contributed by atoms with E-state index in [2.05, 4.69) is 15.5 Å². The fourth-order valence-corrected chi connectivity index (χ4v) is 2.20. The Labute approximate surface area is 125 Å². The highest BCUT2D eigenvalue weighted by atomic mass is 35.5. The molecule has 1 aromatic heterocycles. The van der Waals surface area contributed by atoms with Crippen LogP contribution in [0, 0.1) is 12.7 Å². The number of benzene rings is 2. The standard InChI is InChI=1S/C14H11ClFN5/c1-8-6-9(17)2-4-11(8)14-18-19-20-21(14)10-3-5-12(15)13(16)7-10/h2-7H,17H2,1H3. The van der Waals surface area contributed by atoms with Gasteiger partial charge in [-0.1, -0.05) is 11.6 Å². The topological polar surface area (TPSA) is 69.6 Å². The maximum atomic E-state index is 13.6. The number of nitrogens with two attached hydrogens (primary N) is 1. The van der Waals surface area contributed by atoms with E-state index >= 15 is 0 Å². The second-order valence-corrected chi connectivity index (χ2v) is 4.99. The third-order valence-electron chi connectivity index (χ3n) is 3.11. The average molecular weight is 304 g/mol. The van der Waals surface area contributed by atoms with Gasteiger partial charge in [-0.2, -0.15) is 4.68 Å². The molecule has 2 N–H and O–H groups in total. The van der Waals surface area contributed by atoms with E-state index in [0.717, 1.165) is 11.1 Å². The lowest BCUT2D eigenvalue weighted by Gasteiger charge is -2.08. The van der Waals surface area contributed by atoms with Gasteiger partial charge in [0.15, 0.2) is 5.82 Å². The van der Waals surface area contributed by atoms with Crippen molar-refractivity contribution in [1.82, 2.24) is 20.2 Å². The molecule has 21 heavy (non-hydrogen) atoms. The number of hydrogen-bond acceptors (Lipinski definition) is 4. The van der Waals surface area contributed by atoms with E-state index < -0.39 is 5.82 Å². The molecular formula is C14H11ClFN5. The van der Waals surface area contributed by atoms with E-state index in [9.17, 15) is 4.39 Å². The highest BCUT2D eigenvalue weighted by Gasteiger charge is 2.14. The summed E-state index contributed by atoms with van der Waals surface area (Å²) in [6.45, 7) is 1.91. The summed E-state index contributed by atoms with van der Waals surface area (Å²) in [5.74, 6) is -0.0149. The van der Waals surface area contributed by atoms with Gasteiger partial charge in [0, 0.05) is 17.3 Å². The Morgan fingerprint density at radius 1 is 1.19 bits per heavy atom. The first-order chi connectivity index (χ1) is 10.1. The first-order valence-electron chi connectivity index (χ1n) is 6.16. The molecule has 0 atom stereocenters. The van der Waals surface area contributed by atoms with Gasteiger partial charge in [-0.3, -0.25) is 0 Å². The minimum atomic E-state index is -0.523. The van der Waals surface area contributed by atoms with E-state index in [0.29, 0.717) is 17.2 Å². The monoisotopic (exact) mass is 303 g/mol. The van der Waals surface area contributed by atoms with Crippen LogP contribution in [0.3, 0.4) is 0 Å². The van der Waals surface area contributed by atoms with Crippen LogP contribution < -0.4 is 5.73 Å². The number of aromatic nitrogens is 4. The molecule has 0 aliphatic rings. The van der Waals surface area contributed by atoms with Gasteiger partial charge in [-0.15, -0.1) is 5.10 Å². The summed E-state index contributed by atoms with van der Waals surface area (Å²) in [7, 11) is 0. The zero-order chi connectivity index (χ0) is 15.0. The van der Waals surface area contributed by atoms with Crippen LogP contribution in [0.2, 0.25) is 5.02 Å². The summed E-state index contributed by atoms with van der Waals surface area (Å²) < 4.78 is 15.1. The lowest BCUT2D eigenvalue weighted by atomic mass is 10.1. The van der Waals surface area contributed by atoms with Gasteiger partial charge in [-0.05, 0) is 53.2 Å². The van der Waals surface area contributed by atoms with E-state index in [4.69, 9.17) is 17.3 Å². The molecule has 0 amide bonds. The number of hydrogen-bond donors (Lipinski definition) is 1. The zero-order valence-electron chi connectivity index (χ0n) is 11.1. The Kier molecular flexibility index (Phi) is 3.31. The number of halogens is 2. The number of aryl methyl sites for hydroxylation is 1. The second-order valence-electron chi connectivity index (χ2n) is 4.59. The van der Waals surface area contributed by atoms with Crippen LogP contribution in [0.1, 0.15) is 5.56 Å². The number of nitrogen functional groups attached to an aromatic ring is 1. The first kappa shape index (κ1) is 13.5. The average Bonchev–Trinajstić information content (AvgIpc) is 2.91. The number of nitrogens with zero attached hydrogens (tertiary/aromatic N) is 4. The van der Waals surface area contributed by atoms with Crippen molar-refractivity contribution in [3.05, 3.63) is 52.8 Å². The molecule has 0 fully saturated rings. The van der Waals surface area contributed by atoms with E-state index in [1.54, 1.807) is 12.1 Å². The Hall–Kier alpha value is -2.47. The van der Waals surface area contributed by atoms with Crippen molar-refractivity contribution in [3.63, 3.8) is 0 Å². The largest absolute Gasteiger partial charge is 0.399 e. The lowest BCUT2D eigenvalue weighted by Crippen LogP contribution is -2.01. The molecule has 0 spiro atoms. The number of rotatable bonds is 2. The van der Waals surface area contributed by atoms with E-state index in [1.807, 2.05) is 19.1 Å². The highest BCUT2D eigenvalue weighted by molar-refractivity contribution is 6.30. The Bertz CT molecular complexity index is 815. The smallest absolute Gasteiger partial charge is 0.187 e. The van der Waals surface area contributed by atoms with Crippen LogP contribution in [0.15, 0.2) is 36.4 Å². The van der Waals surface area contributed by atoms with Crippen molar-refractivity contribution in [1.29, 1.82) is 0 Å². The maximum absolute atomic E-state index is 13.6. The van der Waals surface area contributed by atoms with E-state index in [1.165, 1.54) is 16.8 Å². The molecule has 3 aromatic rings. The lowest BCUT2D eigenvalue weighted by molar-refractivity contribution is 0.625. The van der Waals surface area contributed by atoms with Crippen LogP contribution in [-0.2, 0) is 0 Å². The van der Waals surface area contributed by atoms with Crippen LogP contribution in [-0.4, -0.2) is 20.2 Å². The van der Waals surface area contributed by atoms with Crippen LogP contribution >= 0.6 is 11.6 Å². The maximum Gasteiger partial charge on any atom is 0.187 e. The van der Waals surface area contributed by atoms with Gasteiger partial charge in [0.25, 0.3) is 0 Å². The summed E-state index contributed by atoms with van der Waals surface area (Å²) in [4.78, 5) is 0. The van der Waals surface area contributed by atoms with Crippen molar-refractivity contribution in [2.45, 2.75) is 6.92 Å². The van der Waals surface area contributed by atoms with Gasteiger partial charge in [0.2, 0.25) is 0 Å². The second kappa shape index (κ2) is 5.14. The molecule has 1 heterocycles. The van der Waals surface area contributed by atoms with Crippen LogP contribution in [0.5, 0.6) is 0 Å². The summed E-state index contributed by atoms with van der Waals surface area (Å²) in [5.41, 5.74) is 8.65. The molecule has 3 rings (SSSR count). The van der Waals surface area contributed by atoms with E-state index in [-0.39, 0.29) is 5.02 Å². The highest BCUT2D eigenvalue weighted by Crippen LogP contribution is 2.26. The molecule has 0 radical (unpaired) electrons. The third-order valence-corrected chi connectivity index (χ3v) is 3.42. The van der Waals surface area contributed by atoms with Gasteiger partial charge >= 0.3 is 0 Å². The van der Waals surface area contributed by atoms with Crippen molar-refractivity contribution in [3.8, 4) is 17.1 Å². The Morgan fingerprint density at radius 2 is 2.00 bits per heavy atom. The minimum Gasteiger partial charge on any atom is -0.399 e. The molecule has 0 saturated carbocycles. The van der Waals surface area contributed by atoms with Gasteiger partial charge in [0.1, 0.15) is 5.82 Å². The summed E-state index contributed by atoms with van der Waals surface area (Å²) in [5, 5.41) is 11.6. The van der Waals surface area contributed by atoms with Crippen molar-refractivity contribution in [2.24, 2.45) is 0 Å². The summed E-state index contributed by atoms with van der Waals surface area (Å²) in [6, 6.07) is 9.83. The molecule has 106 valence electrons. The molecule has 2 aromatic carbocycles. The van der Waals surface area contributed by atoms with Gasteiger partial charge < -0.3 is 5.73 Å². The van der Waals surface area contributed by atoms with Gasteiger partial charge in [0.05, 0.1) is 10.7 Å². The minimum absolute atomic E-state index is 0.0528. The van der Waals surface area contributed by atoms with Crippen molar-refractivity contribution < 1.29 is 4.39 Å². The van der Waals surface area contributed by atoms with Crippen molar-refractivity contribution >= 4 is 17.3 Å². The predicted molar refractivity (Wildman–Crippen MR) is 78.7 cm³/mol. The SMILES string of the molecule is Cc1cc(N)ccc1-c1nnnn1-c1ccc(Cl)c(F)c1. The molecule has 5 nitrogen and oxygen atoms in total. The Balaban J connectivity index is 2.14. The summed E-state index contributed by atoms with van der Waals surface area (Å²) >= 11 is 5.69. The summed E-state index contributed by atoms with van der Waals surface area (Å²) in [6.07, 6.45) is 0. The molecule has 0 unspecified atom stereocenters. The quantitative estimate of drug-likeness (QED) is 0.739. The molecule has 0 saturated heterocycles. The Morgan fingerprint density at radius 3 is 2.71 bits per heavy atom. The zero-order valence-corrected chi connectivity index (χ0v) is 11.8. The first-order valence-corrected chi connectivity index (χ1v) is 6.54. The fraction of sp³-hybridized carbons (Fsp3) is 0.0714. The molecule has 0 aliphatic heterocycles. The predicted octanol–water partition coefficient (Wildman–Crippen LogP) is 3.01. The molecule has 7 heteroatoms.